The van der Waals surface area contributed by atoms with Crippen molar-refractivity contribution in [2.45, 2.75) is 17.8 Å². The third-order valence-electron chi connectivity index (χ3n) is 4.23. The number of thioether (sulfide) groups is 1. The summed E-state index contributed by atoms with van der Waals surface area (Å²) in [5.41, 5.74) is 2.72. The Labute approximate surface area is 171 Å². The van der Waals surface area contributed by atoms with Crippen LogP contribution in [0.1, 0.15) is 11.5 Å². The summed E-state index contributed by atoms with van der Waals surface area (Å²) in [6, 6.07) is 13.3. The average molecular weight is 410 g/mol. The molecule has 0 radical (unpaired) electrons. The lowest BCUT2D eigenvalue weighted by atomic mass is 10.2. The molecular formula is C19H18N6O3S. The Hall–Kier alpha value is -3.40. The molecule has 148 valence electrons. The Morgan fingerprint density at radius 1 is 1.10 bits per heavy atom. The highest BCUT2D eigenvalue weighted by atomic mass is 32.2. The monoisotopic (exact) mass is 410 g/mol. The van der Waals surface area contributed by atoms with Crippen molar-refractivity contribution in [2.75, 3.05) is 14.2 Å². The summed E-state index contributed by atoms with van der Waals surface area (Å²) in [5.74, 6) is 2.62. The molecular weight excluding hydrogens is 392 g/mol. The fraction of sp³-hybridized carbons (Fsp3) is 0.211. The third kappa shape index (κ3) is 3.92. The lowest BCUT2D eigenvalue weighted by Crippen LogP contribution is -2.01. The largest absolute Gasteiger partial charge is 0.497 e. The second kappa shape index (κ2) is 8.31. The minimum absolute atomic E-state index is 0.428. The van der Waals surface area contributed by atoms with E-state index < -0.39 is 0 Å². The minimum Gasteiger partial charge on any atom is -0.497 e. The topological polar surface area (TPSA) is 101 Å². The van der Waals surface area contributed by atoms with Crippen LogP contribution in [-0.4, -0.2) is 44.6 Å². The number of tetrazole rings is 1. The number of methoxy groups -OCH3 is 2. The van der Waals surface area contributed by atoms with E-state index in [2.05, 4.69) is 25.7 Å². The molecule has 0 N–H and O–H groups in total. The first-order chi connectivity index (χ1) is 14.2. The van der Waals surface area contributed by atoms with Crippen LogP contribution in [0.3, 0.4) is 0 Å². The molecule has 0 bridgehead atoms. The Morgan fingerprint density at radius 3 is 2.76 bits per heavy atom. The van der Waals surface area contributed by atoms with Crippen LogP contribution in [0.15, 0.2) is 52.1 Å². The van der Waals surface area contributed by atoms with Crippen molar-refractivity contribution in [1.29, 1.82) is 0 Å². The summed E-state index contributed by atoms with van der Waals surface area (Å²) in [7, 11) is 3.18. The molecule has 0 aliphatic rings. The van der Waals surface area contributed by atoms with E-state index >= 15 is 0 Å². The van der Waals surface area contributed by atoms with Gasteiger partial charge >= 0.3 is 0 Å². The second-order valence-electron chi connectivity index (χ2n) is 6.03. The zero-order valence-electron chi connectivity index (χ0n) is 16.1. The Morgan fingerprint density at radius 2 is 1.97 bits per heavy atom. The molecule has 0 atom stereocenters. The number of aromatic nitrogens is 6. The van der Waals surface area contributed by atoms with E-state index in [9.17, 15) is 0 Å². The van der Waals surface area contributed by atoms with Gasteiger partial charge in [0.25, 0.3) is 0 Å². The lowest BCUT2D eigenvalue weighted by Gasteiger charge is -2.07. The highest BCUT2D eigenvalue weighted by Gasteiger charge is 2.16. The minimum atomic E-state index is 0.428. The smallest absolute Gasteiger partial charge is 0.237 e. The van der Waals surface area contributed by atoms with Gasteiger partial charge in [-0.15, -0.1) is 5.10 Å². The standard InChI is InChI=1S/C19H18N6O3S/c1-12-6-4-5-7-15(12)25-19(21-23-24-25)29-11-17-20-18(22-28-17)14-9-8-13(26-2)10-16(14)27-3/h4-10H,11H2,1-3H3. The van der Waals surface area contributed by atoms with Crippen LogP contribution in [-0.2, 0) is 5.75 Å². The van der Waals surface area contributed by atoms with Crippen LogP contribution in [0.5, 0.6) is 11.5 Å². The number of hydrogen-bond acceptors (Lipinski definition) is 9. The maximum Gasteiger partial charge on any atom is 0.237 e. The molecule has 2 aromatic carbocycles. The summed E-state index contributed by atoms with van der Waals surface area (Å²) >= 11 is 1.41. The van der Waals surface area contributed by atoms with Crippen molar-refractivity contribution in [1.82, 2.24) is 30.3 Å². The SMILES string of the molecule is COc1ccc(-c2noc(CSc3nnnn3-c3ccccc3C)n2)c(OC)c1. The van der Waals surface area contributed by atoms with Crippen molar-refractivity contribution in [3.8, 4) is 28.6 Å². The van der Waals surface area contributed by atoms with Gasteiger partial charge in [-0.3, -0.25) is 0 Å². The third-order valence-corrected chi connectivity index (χ3v) is 5.13. The molecule has 0 aliphatic carbocycles. The predicted octanol–water partition coefficient (Wildman–Crippen LogP) is 3.33. The van der Waals surface area contributed by atoms with Gasteiger partial charge in [0.1, 0.15) is 11.5 Å². The van der Waals surface area contributed by atoms with Gasteiger partial charge in [0.15, 0.2) is 0 Å². The van der Waals surface area contributed by atoms with Gasteiger partial charge in [0.2, 0.25) is 16.9 Å². The van der Waals surface area contributed by atoms with Gasteiger partial charge in [-0.2, -0.15) is 9.67 Å². The first-order valence-corrected chi connectivity index (χ1v) is 9.70. The zero-order valence-corrected chi connectivity index (χ0v) is 16.9. The van der Waals surface area contributed by atoms with Gasteiger partial charge < -0.3 is 14.0 Å². The van der Waals surface area contributed by atoms with Crippen molar-refractivity contribution < 1.29 is 14.0 Å². The molecule has 29 heavy (non-hydrogen) atoms. The number of nitrogens with zero attached hydrogens (tertiary/aromatic N) is 6. The van der Waals surface area contributed by atoms with Gasteiger partial charge in [-0.25, -0.2) is 0 Å². The van der Waals surface area contributed by atoms with Crippen molar-refractivity contribution in [3.63, 3.8) is 0 Å². The summed E-state index contributed by atoms with van der Waals surface area (Å²) in [5, 5.41) is 16.7. The summed E-state index contributed by atoms with van der Waals surface area (Å²) in [6.45, 7) is 2.01. The molecule has 0 spiro atoms. The number of benzene rings is 2. The number of ether oxygens (including phenoxy) is 2. The average Bonchev–Trinajstić information content (AvgIpc) is 3.41. The van der Waals surface area contributed by atoms with Crippen molar-refractivity contribution in [3.05, 3.63) is 53.9 Å². The van der Waals surface area contributed by atoms with Gasteiger partial charge in [0, 0.05) is 6.07 Å². The Bertz CT molecular complexity index is 1130. The zero-order chi connectivity index (χ0) is 20.2. The van der Waals surface area contributed by atoms with Crippen LogP contribution < -0.4 is 9.47 Å². The molecule has 4 rings (SSSR count). The maximum atomic E-state index is 5.41. The number of para-hydroxylation sites is 1. The molecule has 10 heteroatoms. The second-order valence-corrected chi connectivity index (χ2v) is 6.97. The molecule has 0 saturated heterocycles. The maximum absolute atomic E-state index is 5.41. The van der Waals surface area contributed by atoms with E-state index in [1.165, 1.54) is 11.8 Å². The fourth-order valence-corrected chi connectivity index (χ4v) is 3.47. The van der Waals surface area contributed by atoms with E-state index in [0.29, 0.717) is 34.1 Å². The van der Waals surface area contributed by atoms with Crippen molar-refractivity contribution >= 4 is 11.8 Å². The Balaban J connectivity index is 1.52. The fourth-order valence-electron chi connectivity index (χ4n) is 2.75. The van der Waals surface area contributed by atoms with Crippen LogP contribution in [0.4, 0.5) is 0 Å². The first-order valence-electron chi connectivity index (χ1n) is 8.71. The molecule has 2 aromatic heterocycles. The number of rotatable bonds is 7. The molecule has 0 aliphatic heterocycles. The summed E-state index contributed by atoms with van der Waals surface area (Å²) in [4.78, 5) is 4.47. The van der Waals surface area contributed by atoms with E-state index in [1.807, 2.05) is 43.3 Å². The van der Waals surface area contributed by atoms with Gasteiger partial charge in [-0.1, -0.05) is 35.1 Å². The highest BCUT2D eigenvalue weighted by molar-refractivity contribution is 7.98. The van der Waals surface area contributed by atoms with E-state index in [4.69, 9.17) is 14.0 Å². The van der Waals surface area contributed by atoms with Crippen molar-refractivity contribution in [2.24, 2.45) is 0 Å². The quantitative estimate of drug-likeness (QED) is 0.425. The molecule has 0 unspecified atom stereocenters. The van der Waals surface area contributed by atoms with Crippen LogP contribution in [0.25, 0.3) is 17.1 Å². The lowest BCUT2D eigenvalue weighted by molar-refractivity contribution is 0.388. The van der Waals surface area contributed by atoms with E-state index in [-0.39, 0.29) is 0 Å². The summed E-state index contributed by atoms with van der Waals surface area (Å²) in [6.07, 6.45) is 0. The Kier molecular flexibility index (Phi) is 5.43. The van der Waals surface area contributed by atoms with Gasteiger partial charge in [-0.05, 0) is 41.1 Å². The first kappa shape index (κ1) is 18.9. The molecule has 2 heterocycles. The number of hydrogen-bond donors (Lipinski definition) is 0. The highest BCUT2D eigenvalue weighted by Crippen LogP contribution is 2.32. The normalized spacial score (nSPS) is 10.9. The van der Waals surface area contributed by atoms with E-state index in [1.54, 1.807) is 25.0 Å². The molecule has 0 amide bonds. The molecule has 4 aromatic rings. The molecule has 9 nitrogen and oxygen atoms in total. The van der Waals surface area contributed by atoms with Crippen LogP contribution in [0.2, 0.25) is 0 Å². The number of aryl methyl sites for hydroxylation is 1. The summed E-state index contributed by atoms with van der Waals surface area (Å²) < 4.78 is 17.7. The molecule has 0 fully saturated rings. The molecule has 0 saturated carbocycles. The van der Waals surface area contributed by atoms with Gasteiger partial charge in [0.05, 0.1) is 31.2 Å². The van der Waals surface area contributed by atoms with Crippen LogP contribution in [0, 0.1) is 6.92 Å². The van der Waals surface area contributed by atoms with Crippen LogP contribution >= 0.6 is 11.8 Å². The van der Waals surface area contributed by atoms with E-state index in [0.717, 1.165) is 16.8 Å². The predicted molar refractivity (Wildman–Crippen MR) is 106 cm³/mol.